The second-order valence-corrected chi connectivity index (χ2v) is 4.86. The average Bonchev–Trinajstić information content (AvgIpc) is 2.00. The van der Waals surface area contributed by atoms with E-state index in [2.05, 4.69) is 28.1 Å². The number of benzene rings is 1. The molecule has 2 nitrogen and oxygen atoms in total. The molecule has 1 fully saturated rings. The lowest BCUT2D eigenvalue weighted by atomic mass is 9.73. The molecule has 1 aromatic carbocycles. The normalized spacial score (nSPS) is 21.4. The van der Waals surface area contributed by atoms with Gasteiger partial charge in [-0.3, -0.25) is 0 Å². The Hall–Kier alpha value is -0.380. The molecule has 0 aromatic heterocycles. The maximum Gasteiger partial charge on any atom is 0.0600 e. The highest BCUT2D eigenvalue weighted by Gasteiger charge is 2.43. The number of hydrogen-bond acceptors (Lipinski definition) is 2. The van der Waals surface area contributed by atoms with Gasteiger partial charge in [-0.2, -0.15) is 0 Å². The fraction of sp³-hybridized carbons (Fsp3) is 0.455. The molecular formula is C11H14BrNO. The van der Waals surface area contributed by atoms with E-state index in [4.69, 9.17) is 10.5 Å². The van der Waals surface area contributed by atoms with Gasteiger partial charge in [0, 0.05) is 10.5 Å². The number of halogens is 1. The van der Waals surface area contributed by atoms with E-state index in [-0.39, 0.29) is 11.5 Å². The fourth-order valence-corrected chi connectivity index (χ4v) is 2.21. The smallest absolute Gasteiger partial charge is 0.0600 e. The van der Waals surface area contributed by atoms with Crippen molar-refractivity contribution in [3.8, 4) is 0 Å². The van der Waals surface area contributed by atoms with Crippen molar-refractivity contribution in [1.82, 2.24) is 0 Å². The summed E-state index contributed by atoms with van der Waals surface area (Å²) in [4.78, 5) is 0. The van der Waals surface area contributed by atoms with E-state index in [0.717, 1.165) is 17.7 Å². The topological polar surface area (TPSA) is 35.2 Å². The average molecular weight is 256 g/mol. The Morgan fingerprint density at radius 1 is 1.50 bits per heavy atom. The zero-order chi connectivity index (χ0) is 10.2. The van der Waals surface area contributed by atoms with Crippen LogP contribution in [0.1, 0.15) is 12.5 Å². The Morgan fingerprint density at radius 3 is 2.64 bits per heavy atom. The van der Waals surface area contributed by atoms with Crippen LogP contribution in [-0.2, 0) is 10.2 Å². The molecule has 3 heteroatoms. The first-order chi connectivity index (χ1) is 6.65. The van der Waals surface area contributed by atoms with Crippen LogP contribution in [0.2, 0.25) is 0 Å². The van der Waals surface area contributed by atoms with Crippen molar-refractivity contribution in [3.05, 3.63) is 34.3 Å². The third kappa shape index (κ3) is 1.49. The van der Waals surface area contributed by atoms with Crippen molar-refractivity contribution < 1.29 is 4.74 Å². The monoisotopic (exact) mass is 255 g/mol. The van der Waals surface area contributed by atoms with Gasteiger partial charge in [0.25, 0.3) is 0 Å². The molecule has 0 saturated carbocycles. The zero-order valence-electron chi connectivity index (χ0n) is 8.16. The summed E-state index contributed by atoms with van der Waals surface area (Å²) in [6.07, 6.45) is 0. The van der Waals surface area contributed by atoms with Crippen LogP contribution in [0.3, 0.4) is 0 Å². The second kappa shape index (κ2) is 3.65. The summed E-state index contributed by atoms with van der Waals surface area (Å²) in [6, 6.07) is 8.45. The molecule has 1 saturated heterocycles. The SMILES string of the molecule is CC(N)C1(c2cccc(Br)c2)COC1. The van der Waals surface area contributed by atoms with E-state index in [1.807, 2.05) is 19.1 Å². The lowest BCUT2D eigenvalue weighted by Crippen LogP contribution is -2.57. The highest BCUT2D eigenvalue weighted by atomic mass is 79.9. The molecule has 14 heavy (non-hydrogen) atoms. The summed E-state index contributed by atoms with van der Waals surface area (Å²) in [5.41, 5.74) is 7.32. The van der Waals surface area contributed by atoms with Gasteiger partial charge in [0.1, 0.15) is 0 Å². The summed E-state index contributed by atoms with van der Waals surface area (Å²) in [6.45, 7) is 3.52. The van der Waals surface area contributed by atoms with Crippen LogP contribution in [0.4, 0.5) is 0 Å². The Morgan fingerprint density at radius 2 is 2.21 bits per heavy atom. The third-order valence-electron chi connectivity index (χ3n) is 2.99. The van der Waals surface area contributed by atoms with E-state index in [1.165, 1.54) is 5.56 Å². The number of nitrogens with two attached hydrogens (primary N) is 1. The molecule has 1 aromatic rings. The molecule has 0 spiro atoms. The molecule has 2 rings (SSSR count). The first-order valence-corrected chi connectivity index (χ1v) is 5.54. The van der Waals surface area contributed by atoms with Gasteiger partial charge in [0.15, 0.2) is 0 Å². The van der Waals surface area contributed by atoms with E-state index in [1.54, 1.807) is 0 Å². The van der Waals surface area contributed by atoms with Gasteiger partial charge < -0.3 is 10.5 Å². The second-order valence-electron chi connectivity index (χ2n) is 3.95. The van der Waals surface area contributed by atoms with Gasteiger partial charge in [-0.15, -0.1) is 0 Å². The summed E-state index contributed by atoms with van der Waals surface area (Å²) in [7, 11) is 0. The van der Waals surface area contributed by atoms with E-state index < -0.39 is 0 Å². The molecule has 0 bridgehead atoms. The lowest BCUT2D eigenvalue weighted by molar-refractivity contribution is -0.0701. The fourth-order valence-electron chi connectivity index (χ4n) is 1.81. The summed E-state index contributed by atoms with van der Waals surface area (Å²) in [5, 5.41) is 0. The summed E-state index contributed by atoms with van der Waals surface area (Å²) < 4.78 is 6.40. The maximum absolute atomic E-state index is 6.02. The van der Waals surface area contributed by atoms with Crippen molar-refractivity contribution in [2.24, 2.45) is 5.73 Å². The molecule has 1 atom stereocenters. The van der Waals surface area contributed by atoms with Gasteiger partial charge in [-0.1, -0.05) is 28.1 Å². The van der Waals surface area contributed by atoms with Crippen LogP contribution in [0.25, 0.3) is 0 Å². The van der Waals surface area contributed by atoms with E-state index >= 15 is 0 Å². The largest absolute Gasteiger partial charge is 0.379 e. The Balaban J connectivity index is 2.37. The molecule has 1 aliphatic heterocycles. The quantitative estimate of drug-likeness (QED) is 0.879. The van der Waals surface area contributed by atoms with E-state index in [0.29, 0.717) is 0 Å². The zero-order valence-corrected chi connectivity index (χ0v) is 9.75. The number of hydrogen-bond donors (Lipinski definition) is 1. The van der Waals surface area contributed by atoms with Gasteiger partial charge in [-0.05, 0) is 24.6 Å². The number of rotatable bonds is 2. The Kier molecular flexibility index (Phi) is 2.64. The van der Waals surface area contributed by atoms with Gasteiger partial charge in [0.2, 0.25) is 0 Å². The lowest BCUT2D eigenvalue weighted by Gasteiger charge is -2.45. The van der Waals surface area contributed by atoms with Crippen LogP contribution >= 0.6 is 15.9 Å². The maximum atomic E-state index is 6.02. The minimum atomic E-state index is 0.0315. The van der Waals surface area contributed by atoms with Crippen molar-refractivity contribution in [2.45, 2.75) is 18.4 Å². The minimum Gasteiger partial charge on any atom is -0.379 e. The molecule has 0 amide bonds. The molecule has 1 aliphatic rings. The molecule has 1 heterocycles. The van der Waals surface area contributed by atoms with Crippen molar-refractivity contribution in [2.75, 3.05) is 13.2 Å². The first kappa shape index (κ1) is 10.1. The third-order valence-corrected chi connectivity index (χ3v) is 3.48. The predicted octanol–water partition coefficient (Wildman–Crippen LogP) is 2.06. The Bertz CT molecular complexity index is 334. The predicted molar refractivity (Wildman–Crippen MR) is 60.3 cm³/mol. The summed E-state index contributed by atoms with van der Waals surface area (Å²) in [5.74, 6) is 0. The highest BCUT2D eigenvalue weighted by molar-refractivity contribution is 9.10. The van der Waals surface area contributed by atoms with E-state index in [9.17, 15) is 0 Å². The van der Waals surface area contributed by atoms with Crippen molar-refractivity contribution >= 4 is 15.9 Å². The molecule has 76 valence electrons. The highest BCUT2D eigenvalue weighted by Crippen LogP contribution is 2.35. The molecule has 0 radical (unpaired) electrons. The standard InChI is InChI=1S/C11H14BrNO/c1-8(13)11(6-14-7-11)9-3-2-4-10(12)5-9/h2-5,8H,6-7,13H2,1H3. The van der Waals surface area contributed by atoms with Crippen LogP contribution in [0, 0.1) is 0 Å². The Labute approximate surface area is 92.6 Å². The van der Waals surface area contributed by atoms with Crippen LogP contribution < -0.4 is 5.73 Å². The van der Waals surface area contributed by atoms with Crippen molar-refractivity contribution in [3.63, 3.8) is 0 Å². The molecule has 0 aliphatic carbocycles. The van der Waals surface area contributed by atoms with Crippen LogP contribution in [-0.4, -0.2) is 19.3 Å². The minimum absolute atomic E-state index is 0.0315. The van der Waals surface area contributed by atoms with Crippen LogP contribution in [0.5, 0.6) is 0 Å². The van der Waals surface area contributed by atoms with Gasteiger partial charge in [-0.25, -0.2) is 0 Å². The van der Waals surface area contributed by atoms with Crippen molar-refractivity contribution in [1.29, 1.82) is 0 Å². The molecule has 1 unspecified atom stereocenters. The molecule has 2 N–H and O–H groups in total. The first-order valence-electron chi connectivity index (χ1n) is 4.74. The van der Waals surface area contributed by atoms with Gasteiger partial charge >= 0.3 is 0 Å². The van der Waals surface area contributed by atoms with Gasteiger partial charge in [0.05, 0.1) is 18.6 Å². The molecular weight excluding hydrogens is 242 g/mol. The number of ether oxygens (including phenoxy) is 1. The summed E-state index contributed by atoms with van der Waals surface area (Å²) >= 11 is 3.48. The van der Waals surface area contributed by atoms with Crippen LogP contribution in [0.15, 0.2) is 28.7 Å².